The Kier molecular flexibility index (Phi) is 5.52. The molecular formula is C20H17ClF2N2O4S. The molecule has 1 fully saturated rings. The number of hydrogen-bond acceptors (Lipinski definition) is 4. The number of ether oxygens (including phenoxy) is 1. The van der Waals surface area contributed by atoms with Gasteiger partial charge in [0.15, 0.2) is 0 Å². The van der Waals surface area contributed by atoms with Crippen molar-refractivity contribution in [1.29, 1.82) is 0 Å². The van der Waals surface area contributed by atoms with E-state index in [1.54, 1.807) is 24.3 Å². The summed E-state index contributed by atoms with van der Waals surface area (Å²) in [6, 6.07) is 7.42. The monoisotopic (exact) mass is 454 g/mol. The summed E-state index contributed by atoms with van der Waals surface area (Å²) < 4.78 is 59.4. The molecule has 0 bridgehead atoms. The Morgan fingerprint density at radius 2 is 1.77 bits per heavy atom. The number of hydrogen-bond donors (Lipinski definition) is 0. The van der Waals surface area contributed by atoms with Gasteiger partial charge in [0.25, 0.3) is 5.91 Å². The van der Waals surface area contributed by atoms with Gasteiger partial charge in [0.2, 0.25) is 10.0 Å². The third kappa shape index (κ3) is 3.92. The van der Waals surface area contributed by atoms with E-state index < -0.39 is 26.6 Å². The molecule has 6 nitrogen and oxygen atoms in total. The number of rotatable bonds is 3. The van der Waals surface area contributed by atoms with Crippen molar-refractivity contribution in [2.24, 2.45) is 0 Å². The molecule has 0 saturated carbocycles. The summed E-state index contributed by atoms with van der Waals surface area (Å²) in [5.74, 6) is -1.50. The molecule has 30 heavy (non-hydrogen) atoms. The van der Waals surface area contributed by atoms with Gasteiger partial charge in [-0.3, -0.25) is 4.79 Å². The summed E-state index contributed by atoms with van der Waals surface area (Å²) in [4.78, 5) is 13.6. The van der Waals surface area contributed by atoms with Crippen LogP contribution >= 0.6 is 11.6 Å². The number of carbonyl (C=O) groups is 1. The highest BCUT2D eigenvalue weighted by Crippen LogP contribution is 2.30. The first-order chi connectivity index (χ1) is 14.3. The van der Waals surface area contributed by atoms with E-state index in [2.05, 4.69) is 0 Å². The maximum absolute atomic E-state index is 13.9. The summed E-state index contributed by atoms with van der Waals surface area (Å²) in [6.45, 7) is 0.283. The van der Waals surface area contributed by atoms with Gasteiger partial charge in [-0.1, -0.05) is 11.6 Å². The summed E-state index contributed by atoms with van der Waals surface area (Å²) in [7, 11) is -4.21. The molecular weight excluding hydrogens is 438 g/mol. The Morgan fingerprint density at radius 1 is 1.03 bits per heavy atom. The first-order valence-electron chi connectivity index (χ1n) is 9.13. The fourth-order valence-corrected chi connectivity index (χ4v) is 5.10. The smallest absolute Gasteiger partial charge is 0.253 e. The number of benzene rings is 2. The standard InChI is InChI=1S/C20H17ClF2N2O4S/c21-15-1-4-18-13(10-15)9-14(12-29-18)20(26)24-5-7-25(8-6-24)30(27,28)19-11-16(22)2-3-17(19)23/h1-4,9-11H,5-8,12H2. The summed E-state index contributed by atoms with van der Waals surface area (Å²) in [6.07, 6.45) is 1.71. The maximum atomic E-state index is 13.9. The van der Waals surface area contributed by atoms with E-state index in [0.29, 0.717) is 28.0 Å². The number of piperazine rings is 1. The van der Waals surface area contributed by atoms with Crippen LogP contribution in [0.15, 0.2) is 46.9 Å². The molecule has 2 aliphatic rings. The first-order valence-corrected chi connectivity index (χ1v) is 10.9. The van der Waals surface area contributed by atoms with Crippen LogP contribution in [0.5, 0.6) is 5.75 Å². The molecule has 4 rings (SSSR count). The first kappa shape index (κ1) is 20.8. The fraction of sp³-hybridized carbons (Fsp3) is 0.250. The number of nitrogens with zero attached hydrogens (tertiary/aromatic N) is 2. The summed E-state index contributed by atoms with van der Waals surface area (Å²) in [5.41, 5.74) is 1.12. The van der Waals surface area contributed by atoms with Crippen LogP contribution in [0.3, 0.4) is 0 Å². The number of amides is 1. The normalized spacial score (nSPS) is 17.2. The van der Waals surface area contributed by atoms with Crippen molar-refractivity contribution in [3.63, 3.8) is 0 Å². The molecule has 2 aliphatic heterocycles. The molecule has 0 radical (unpaired) electrons. The van der Waals surface area contributed by atoms with Crippen LogP contribution in [0.25, 0.3) is 6.08 Å². The zero-order valence-corrected chi connectivity index (χ0v) is 17.2. The summed E-state index contributed by atoms with van der Waals surface area (Å²) >= 11 is 5.99. The molecule has 2 aromatic carbocycles. The van der Waals surface area contributed by atoms with Crippen molar-refractivity contribution in [2.45, 2.75) is 4.90 Å². The topological polar surface area (TPSA) is 66.9 Å². The second-order valence-electron chi connectivity index (χ2n) is 6.91. The van der Waals surface area contributed by atoms with Crippen molar-refractivity contribution in [3.05, 3.63) is 64.2 Å². The minimum absolute atomic E-state index is 0.0272. The van der Waals surface area contributed by atoms with Crippen LogP contribution < -0.4 is 4.74 Å². The van der Waals surface area contributed by atoms with Gasteiger partial charge in [0.1, 0.15) is 28.9 Å². The molecule has 2 heterocycles. The van der Waals surface area contributed by atoms with Crippen LogP contribution in [0.1, 0.15) is 5.56 Å². The van der Waals surface area contributed by atoms with E-state index >= 15 is 0 Å². The van der Waals surface area contributed by atoms with Gasteiger partial charge < -0.3 is 9.64 Å². The Hall–Kier alpha value is -2.49. The molecule has 0 atom stereocenters. The molecule has 2 aromatic rings. The van der Waals surface area contributed by atoms with Crippen LogP contribution in [0.4, 0.5) is 8.78 Å². The van der Waals surface area contributed by atoms with Crippen molar-refractivity contribution in [1.82, 2.24) is 9.21 Å². The third-order valence-corrected chi connectivity index (χ3v) is 7.15. The van der Waals surface area contributed by atoms with Crippen LogP contribution in [-0.4, -0.2) is 56.3 Å². The Bertz CT molecular complexity index is 1150. The molecule has 1 amide bonds. The predicted octanol–water partition coefficient (Wildman–Crippen LogP) is 2.93. The molecule has 158 valence electrons. The SMILES string of the molecule is O=C(C1=Cc2cc(Cl)ccc2OC1)N1CCN(S(=O)(=O)c2cc(F)ccc2F)CC1. The number of halogens is 3. The lowest BCUT2D eigenvalue weighted by Crippen LogP contribution is -2.51. The van der Waals surface area contributed by atoms with E-state index in [4.69, 9.17) is 16.3 Å². The van der Waals surface area contributed by atoms with Crippen molar-refractivity contribution in [2.75, 3.05) is 32.8 Å². The van der Waals surface area contributed by atoms with E-state index in [1.165, 1.54) is 4.90 Å². The highest BCUT2D eigenvalue weighted by atomic mass is 35.5. The lowest BCUT2D eigenvalue weighted by Gasteiger charge is -2.34. The average Bonchev–Trinajstić information content (AvgIpc) is 2.74. The van der Waals surface area contributed by atoms with Gasteiger partial charge in [-0.05, 0) is 42.5 Å². The van der Waals surface area contributed by atoms with Gasteiger partial charge in [0.05, 0.1) is 5.57 Å². The molecule has 0 aromatic heterocycles. The van der Waals surface area contributed by atoms with E-state index in [0.717, 1.165) is 16.4 Å². The highest BCUT2D eigenvalue weighted by Gasteiger charge is 2.33. The largest absolute Gasteiger partial charge is 0.488 e. The van der Waals surface area contributed by atoms with Gasteiger partial charge in [-0.25, -0.2) is 17.2 Å². The van der Waals surface area contributed by atoms with Gasteiger partial charge in [0, 0.05) is 36.8 Å². The molecule has 10 heteroatoms. The quantitative estimate of drug-likeness (QED) is 0.715. The number of carbonyl (C=O) groups excluding carboxylic acids is 1. The summed E-state index contributed by atoms with van der Waals surface area (Å²) in [5, 5.41) is 0.519. The Morgan fingerprint density at radius 3 is 2.50 bits per heavy atom. The van der Waals surface area contributed by atoms with Crippen molar-refractivity contribution >= 4 is 33.6 Å². The second-order valence-corrected chi connectivity index (χ2v) is 9.25. The zero-order chi connectivity index (χ0) is 21.5. The van der Waals surface area contributed by atoms with Gasteiger partial charge in [-0.2, -0.15) is 4.31 Å². The van der Waals surface area contributed by atoms with Gasteiger partial charge >= 0.3 is 0 Å². The zero-order valence-electron chi connectivity index (χ0n) is 15.6. The maximum Gasteiger partial charge on any atom is 0.253 e. The molecule has 1 saturated heterocycles. The molecule has 0 aliphatic carbocycles. The molecule has 0 N–H and O–H groups in total. The minimum atomic E-state index is -4.21. The number of fused-ring (bicyclic) bond motifs is 1. The lowest BCUT2D eigenvalue weighted by atomic mass is 10.1. The molecule has 0 spiro atoms. The van der Waals surface area contributed by atoms with Crippen LogP contribution in [-0.2, 0) is 14.8 Å². The van der Waals surface area contributed by atoms with E-state index in [1.807, 2.05) is 0 Å². The third-order valence-electron chi connectivity index (χ3n) is 5.00. The predicted molar refractivity (Wildman–Crippen MR) is 107 cm³/mol. The van der Waals surface area contributed by atoms with Gasteiger partial charge in [-0.15, -0.1) is 0 Å². The van der Waals surface area contributed by atoms with Crippen molar-refractivity contribution in [3.8, 4) is 5.75 Å². The van der Waals surface area contributed by atoms with E-state index in [-0.39, 0.29) is 38.7 Å². The Labute approximate surface area is 177 Å². The van der Waals surface area contributed by atoms with E-state index in [9.17, 15) is 22.0 Å². The molecule has 0 unspecified atom stereocenters. The second kappa shape index (κ2) is 7.98. The Balaban J connectivity index is 1.47. The lowest BCUT2D eigenvalue weighted by molar-refractivity contribution is -0.128. The number of sulfonamides is 1. The minimum Gasteiger partial charge on any atom is -0.488 e. The average molecular weight is 455 g/mol. The van der Waals surface area contributed by atoms with Crippen molar-refractivity contribution < 1.29 is 26.7 Å². The highest BCUT2D eigenvalue weighted by molar-refractivity contribution is 7.89. The van der Waals surface area contributed by atoms with Crippen LogP contribution in [0, 0.1) is 11.6 Å². The van der Waals surface area contributed by atoms with Crippen LogP contribution in [0.2, 0.25) is 5.02 Å². The fourth-order valence-electron chi connectivity index (χ4n) is 3.42.